The smallest absolute Gasteiger partial charge is 0.107 e. The van der Waals surface area contributed by atoms with Crippen molar-refractivity contribution < 1.29 is 0 Å². The topological polar surface area (TPSA) is 41.1 Å². The Kier molecular flexibility index (Phi) is 5.44. The summed E-state index contributed by atoms with van der Waals surface area (Å²) in [7, 11) is 1.94. The molecule has 0 radical (unpaired) electrons. The maximum absolute atomic E-state index is 4.62. The number of rotatable bonds is 7. The third-order valence-corrected chi connectivity index (χ3v) is 3.77. The van der Waals surface area contributed by atoms with Crippen LogP contribution >= 0.6 is 11.3 Å². The molecule has 2 heterocycles. The van der Waals surface area contributed by atoms with Crippen LogP contribution in [0.3, 0.4) is 0 Å². The summed E-state index contributed by atoms with van der Waals surface area (Å²) >= 11 is 1.72. The van der Waals surface area contributed by atoms with Gasteiger partial charge in [-0.15, -0.1) is 11.3 Å². The molecule has 4 nitrogen and oxygen atoms in total. The molecule has 2 aromatic heterocycles. The molecule has 0 aliphatic heterocycles. The second-order valence-electron chi connectivity index (χ2n) is 4.39. The zero-order chi connectivity index (χ0) is 13.5. The molecular formula is C14H20N4S. The molecule has 0 aliphatic rings. The molecule has 2 rings (SSSR count). The van der Waals surface area contributed by atoms with Crippen LogP contribution in [0.2, 0.25) is 0 Å². The van der Waals surface area contributed by atoms with E-state index in [1.807, 2.05) is 25.4 Å². The van der Waals surface area contributed by atoms with Crippen molar-refractivity contribution in [2.45, 2.75) is 26.6 Å². The van der Waals surface area contributed by atoms with Crippen LogP contribution in [-0.2, 0) is 19.6 Å². The fraction of sp³-hybridized carbons (Fsp3) is 0.429. The summed E-state index contributed by atoms with van der Waals surface area (Å²) in [5.74, 6) is 0. The van der Waals surface area contributed by atoms with Gasteiger partial charge in [0.2, 0.25) is 0 Å². The standard InChI is InChI=1S/C14H20N4S/c1-3-18(9-12-6-4-5-7-16-12)10-13-11-19-14(17-13)8-15-2/h4-7,11,15H,3,8-10H2,1-2H3. The van der Waals surface area contributed by atoms with E-state index in [4.69, 9.17) is 0 Å². The number of thiazole rings is 1. The molecule has 0 atom stereocenters. The predicted octanol–water partition coefficient (Wildman–Crippen LogP) is 2.28. The molecule has 0 amide bonds. The second kappa shape index (κ2) is 7.33. The van der Waals surface area contributed by atoms with Crippen molar-refractivity contribution in [1.29, 1.82) is 0 Å². The Hall–Kier alpha value is -1.30. The normalized spacial score (nSPS) is 11.1. The van der Waals surface area contributed by atoms with Crippen LogP contribution in [0.5, 0.6) is 0 Å². The average molecular weight is 276 g/mol. The van der Waals surface area contributed by atoms with Gasteiger partial charge in [0.25, 0.3) is 0 Å². The van der Waals surface area contributed by atoms with Crippen molar-refractivity contribution in [3.05, 3.63) is 46.2 Å². The molecule has 0 aromatic carbocycles. The molecule has 0 saturated heterocycles. The van der Waals surface area contributed by atoms with E-state index >= 15 is 0 Å². The lowest BCUT2D eigenvalue weighted by molar-refractivity contribution is 0.265. The highest BCUT2D eigenvalue weighted by Gasteiger charge is 2.08. The number of aromatic nitrogens is 2. The highest BCUT2D eigenvalue weighted by Crippen LogP contribution is 2.13. The largest absolute Gasteiger partial charge is 0.314 e. The Labute approximate surface area is 118 Å². The molecule has 102 valence electrons. The number of hydrogen-bond donors (Lipinski definition) is 1. The second-order valence-corrected chi connectivity index (χ2v) is 5.33. The van der Waals surface area contributed by atoms with Crippen LogP contribution in [0.1, 0.15) is 23.3 Å². The van der Waals surface area contributed by atoms with Crippen molar-refractivity contribution in [2.75, 3.05) is 13.6 Å². The van der Waals surface area contributed by atoms with Gasteiger partial charge in [-0.2, -0.15) is 0 Å². The first-order valence-electron chi connectivity index (χ1n) is 6.52. The van der Waals surface area contributed by atoms with Crippen LogP contribution in [0.25, 0.3) is 0 Å². The van der Waals surface area contributed by atoms with Gasteiger partial charge < -0.3 is 5.32 Å². The minimum Gasteiger partial charge on any atom is -0.314 e. The van der Waals surface area contributed by atoms with E-state index in [1.54, 1.807) is 11.3 Å². The van der Waals surface area contributed by atoms with Gasteiger partial charge in [0.05, 0.1) is 11.4 Å². The van der Waals surface area contributed by atoms with Gasteiger partial charge in [-0.3, -0.25) is 9.88 Å². The molecule has 2 aromatic rings. The number of nitrogens with zero attached hydrogens (tertiary/aromatic N) is 3. The zero-order valence-corrected chi connectivity index (χ0v) is 12.3. The van der Waals surface area contributed by atoms with Gasteiger partial charge >= 0.3 is 0 Å². The molecule has 0 aliphatic carbocycles. The van der Waals surface area contributed by atoms with Crippen molar-refractivity contribution >= 4 is 11.3 Å². The Morgan fingerprint density at radius 3 is 2.79 bits per heavy atom. The van der Waals surface area contributed by atoms with Crippen LogP contribution in [0.15, 0.2) is 29.8 Å². The SMILES string of the molecule is CCN(Cc1ccccn1)Cc1csc(CNC)n1. The molecule has 0 bridgehead atoms. The van der Waals surface area contributed by atoms with Crippen LogP contribution in [0.4, 0.5) is 0 Å². The first kappa shape index (κ1) is 14.1. The molecule has 0 fully saturated rings. The quantitative estimate of drug-likeness (QED) is 0.842. The van der Waals surface area contributed by atoms with E-state index in [0.717, 1.165) is 42.6 Å². The molecule has 19 heavy (non-hydrogen) atoms. The van der Waals surface area contributed by atoms with Crippen molar-refractivity contribution in [3.8, 4) is 0 Å². The van der Waals surface area contributed by atoms with Gasteiger partial charge in [0, 0.05) is 31.2 Å². The lowest BCUT2D eigenvalue weighted by Crippen LogP contribution is -2.23. The highest BCUT2D eigenvalue weighted by atomic mass is 32.1. The summed E-state index contributed by atoms with van der Waals surface area (Å²) in [5, 5.41) is 6.42. The van der Waals surface area contributed by atoms with Crippen molar-refractivity contribution in [3.63, 3.8) is 0 Å². The van der Waals surface area contributed by atoms with E-state index < -0.39 is 0 Å². The van der Waals surface area contributed by atoms with Crippen LogP contribution < -0.4 is 5.32 Å². The molecule has 0 unspecified atom stereocenters. The highest BCUT2D eigenvalue weighted by molar-refractivity contribution is 7.09. The lowest BCUT2D eigenvalue weighted by atomic mass is 10.3. The van der Waals surface area contributed by atoms with Gasteiger partial charge in [0.15, 0.2) is 0 Å². The Morgan fingerprint density at radius 2 is 2.11 bits per heavy atom. The lowest BCUT2D eigenvalue weighted by Gasteiger charge is -2.18. The van der Waals surface area contributed by atoms with Crippen molar-refractivity contribution in [2.24, 2.45) is 0 Å². The summed E-state index contributed by atoms with van der Waals surface area (Å²) in [6, 6.07) is 6.05. The number of hydrogen-bond acceptors (Lipinski definition) is 5. The van der Waals surface area contributed by atoms with E-state index in [9.17, 15) is 0 Å². The summed E-state index contributed by atoms with van der Waals surface area (Å²) in [5.41, 5.74) is 2.25. The number of pyridine rings is 1. The monoisotopic (exact) mass is 276 g/mol. The van der Waals surface area contributed by atoms with E-state index in [2.05, 4.69) is 38.6 Å². The summed E-state index contributed by atoms with van der Waals surface area (Å²) < 4.78 is 0. The molecule has 1 N–H and O–H groups in total. The fourth-order valence-corrected chi connectivity index (χ4v) is 2.68. The van der Waals surface area contributed by atoms with Gasteiger partial charge in [-0.05, 0) is 25.7 Å². The maximum atomic E-state index is 4.62. The summed E-state index contributed by atoms with van der Waals surface area (Å²) in [6.07, 6.45) is 1.84. The Morgan fingerprint density at radius 1 is 1.26 bits per heavy atom. The fourth-order valence-electron chi connectivity index (χ4n) is 1.88. The van der Waals surface area contributed by atoms with Gasteiger partial charge in [-0.25, -0.2) is 4.98 Å². The van der Waals surface area contributed by atoms with E-state index in [1.165, 1.54) is 0 Å². The van der Waals surface area contributed by atoms with Gasteiger partial charge in [-0.1, -0.05) is 13.0 Å². The minimum absolute atomic E-state index is 0.844. The predicted molar refractivity (Wildman–Crippen MR) is 78.9 cm³/mol. The average Bonchev–Trinajstić information content (AvgIpc) is 2.87. The Balaban J connectivity index is 1.94. The van der Waals surface area contributed by atoms with Crippen LogP contribution in [0, 0.1) is 0 Å². The molecule has 0 saturated carbocycles. The number of nitrogens with one attached hydrogen (secondary N) is 1. The molecule has 5 heteroatoms. The third kappa shape index (κ3) is 4.38. The van der Waals surface area contributed by atoms with Gasteiger partial charge in [0.1, 0.15) is 5.01 Å². The zero-order valence-electron chi connectivity index (χ0n) is 11.5. The summed E-state index contributed by atoms with van der Waals surface area (Å²) in [4.78, 5) is 11.3. The minimum atomic E-state index is 0.844. The molecule has 0 spiro atoms. The third-order valence-electron chi connectivity index (χ3n) is 2.87. The Bertz CT molecular complexity index is 483. The first-order valence-corrected chi connectivity index (χ1v) is 7.40. The van der Waals surface area contributed by atoms with E-state index in [-0.39, 0.29) is 0 Å². The van der Waals surface area contributed by atoms with E-state index in [0.29, 0.717) is 0 Å². The summed E-state index contributed by atoms with van der Waals surface area (Å²) in [6.45, 7) is 5.76. The first-order chi connectivity index (χ1) is 9.31. The van der Waals surface area contributed by atoms with Crippen molar-refractivity contribution in [1.82, 2.24) is 20.2 Å². The maximum Gasteiger partial charge on any atom is 0.107 e. The van der Waals surface area contributed by atoms with Crippen LogP contribution in [-0.4, -0.2) is 28.5 Å². The molecular weight excluding hydrogens is 256 g/mol.